The largest absolute Gasteiger partial charge is 0.497 e. The summed E-state index contributed by atoms with van der Waals surface area (Å²) in [5.41, 5.74) is 2.09. The van der Waals surface area contributed by atoms with Gasteiger partial charge in [0.2, 0.25) is 0 Å². The molecule has 0 bridgehead atoms. The van der Waals surface area contributed by atoms with Crippen molar-refractivity contribution in [2.24, 2.45) is 7.05 Å². The van der Waals surface area contributed by atoms with E-state index < -0.39 is 5.97 Å². The normalized spacial score (nSPS) is 10.4. The maximum absolute atomic E-state index is 11.3. The Balaban J connectivity index is 2.66. The zero-order valence-corrected chi connectivity index (χ0v) is 10.5. The molecule has 0 aliphatic carbocycles. The number of hydrogen-bond donors (Lipinski definition) is 1. The van der Waals surface area contributed by atoms with E-state index in [0.29, 0.717) is 17.1 Å². The van der Waals surface area contributed by atoms with Gasteiger partial charge in [0.05, 0.1) is 18.5 Å². The van der Waals surface area contributed by atoms with Crippen molar-refractivity contribution in [1.29, 1.82) is 0 Å². The topological polar surface area (TPSA) is 64.3 Å². The number of benzene rings is 1. The van der Waals surface area contributed by atoms with Gasteiger partial charge in [-0.1, -0.05) is 12.1 Å². The Labute approximate surface area is 105 Å². The Morgan fingerprint density at radius 2 is 2.17 bits per heavy atom. The first kappa shape index (κ1) is 12.2. The fraction of sp³-hybridized carbons (Fsp3) is 0.231. The zero-order valence-electron chi connectivity index (χ0n) is 10.5. The average molecular weight is 246 g/mol. The molecule has 1 N–H and O–H groups in total. The lowest BCUT2D eigenvalue weighted by Gasteiger charge is -2.06. The van der Waals surface area contributed by atoms with E-state index in [-0.39, 0.29) is 5.56 Å². The number of nitrogens with zero attached hydrogens (tertiary/aromatic N) is 2. The number of carboxylic acids is 1. The number of carbonyl (C=O) groups is 1. The van der Waals surface area contributed by atoms with Crippen LogP contribution in [0.25, 0.3) is 11.3 Å². The number of aromatic carboxylic acids is 1. The van der Waals surface area contributed by atoms with Crippen molar-refractivity contribution in [3.63, 3.8) is 0 Å². The van der Waals surface area contributed by atoms with Crippen molar-refractivity contribution >= 4 is 5.97 Å². The Morgan fingerprint density at radius 3 is 2.78 bits per heavy atom. The summed E-state index contributed by atoms with van der Waals surface area (Å²) in [6.45, 7) is 1.69. The van der Waals surface area contributed by atoms with Crippen LogP contribution in [0.3, 0.4) is 0 Å². The van der Waals surface area contributed by atoms with E-state index in [1.54, 1.807) is 31.8 Å². The van der Waals surface area contributed by atoms with Crippen molar-refractivity contribution in [3.8, 4) is 17.0 Å². The minimum absolute atomic E-state index is 0.228. The second kappa shape index (κ2) is 4.52. The lowest BCUT2D eigenvalue weighted by atomic mass is 10.1. The molecule has 0 fully saturated rings. The van der Waals surface area contributed by atoms with Crippen LogP contribution in [0.5, 0.6) is 5.75 Å². The van der Waals surface area contributed by atoms with Crippen LogP contribution in [0, 0.1) is 6.92 Å². The molecule has 1 aromatic carbocycles. The molecule has 0 saturated heterocycles. The molecule has 2 rings (SSSR count). The van der Waals surface area contributed by atoms with E-state index in [1.165, 1.54) is 0 Å². The summed E-state index contributed by atoms with van der Waals surface area (Å²) in [6, 6.07) is 7.27. The number of ether oxygens (including phenoxy) is 1. The summed E-state index contributed by atoms with van der Waals surface area (Å²) in [5, 5.41) is 13.4. The first-order valence-electron chi connectivity index (χ1n) is 5.46. The quantitative estimate of drug-likeness (QED) is 0.900. The summed E-state index contributed by atoms with van der Waals surface area (Å²) < 4.78 is 6.72. The van der Waals surface area contributed by atoms with Crippen molar-refractivity contribution in [2.75, 3.05) is 7.11 Å². The van der Waals surface area contributed by atoms with Gasteiger partial charge in [0.1, 0.15) is 11.3 Å². The molecule has 18 heavy (non-hydrogen) atoms. The Hall–Kier alpha value is -2.30. The van der Waals surface area contributed by atoms with Gasteiger partial charge in [-0.3, -0.25) is 4.68 Å². The monoisotopic (exact) mass is 246 g/mol. The van der Waals surface area contributed by atoms with Gasteiger partial charge < -0.3 is 9.84 Å². The molecule has 0 aliphatic heterocycles. The summed E-state index contributed by atoms with van der Waals surface area (Å²) in [7, 11) is 3.31. The lowest BCUT2D eigenvalue weighted by molar-refractivity contribution is 0.0697. The van der Waals surface area contributed by atoms with Crippen LogP contribution in [-0.4, -0.2) is 28.0 Å². The molecule has 0 radical (unpaired) electrons. The lowest BCUT2D eigenvalue weighted by Crippen LogP contribution is -2.01. The van der Waals surface area contributed by atoms with Crippen LogP contribution >= 0.6 is 0 Å². The first-order chi connectivity index (χ1) is 8.54. The van der Waals surface area contributed by atoms with Gasteiger partial charge in [0.25, 0.3) is 0 Å². The van der Waals surface area contributed by atoms with Gasteiger partial charge in [-0.2, -0.15) is 5.10 Å². The van der Waals surface area contributed by atoms with Crippen LogP contribution in [0.15, 0.2) is 24.3 Å². The zero-order chi connectivity index (χ0) is 13.3. The molecule has 5 heteroatoms. The maximum atomic E-state index is 11.3. The fourth-order valence-electron chi connectivity index (χ4n) is 2.02. The molecule has 2 aromatic rings. The third-order valence-electron chi connectivity index (χ3n) is 2.78. The van der Waals surface area contributed by atoms with E-state index in [0.717, 1.165) is 5.56 Å². The van der Waals surface area contributed by atoms with Gasteiger partial charge in [0.15, 0.2) is 0 Å². The highest BCUT2D eigenvalue weighted by molar-refractivity contribution is 5.96. The van der Waals surface area contributed by atoms with Crippen molar-refractivity contribution in [2.45, 2.75) is 6.92 Å². The maximum Gasteiger partial charge on any atom is 0.339 e. The minimum Gasteiger partial charge on any atom is -0.497 e. The standard InChI is InChI=1S/C13H14N2O3/c1-8-11(13(16)17)12(15(2)14-8)9-5-4-6-10(7-9)18-3/h4-7H,1-3H3,(H,16,17). The molecule has 94 valence electrons. The van der Waals surface area contributed by atoms with Crippen molar-refractivity contribution in [3.05, 3.63) is 35.5 Å². The molecule has 0 amide bonds. The molecule has 1 heterocycles. The second-order valence-electron chi connectivity index (χ2n) is 3.97. The molecule has 0 saturated carbocycles. The third kappa shape index (κ3) is 1.95. The van der Waals surface area contributed by atoms with Gasteiger partial charge in [-0.05, 0) is 19.1 Å². The van der Waals surface area contributed by atoms with Gasteiger partial charge in [0, 0.05) is 12.6 Å². The van der Waals surface area contributed by atoms with Crippen LogP contribution < -0.4 is 4.74 Å². The molecule has 5 nitrogen and oxygen atoms in total. The van der Waals surface area contributed by atoms with Crippen molar-refractivity contribution in [1.82, 2.24) is 9.78 Å². The molecule has 0 spiro atoms. The van der Waals surface area contributed by atoms with Crippen LogP contribution in [0.1, 0.15) is 16.1 Å². The van der Waals surface area contributed by atoms with Gasteiger partial charge in [-0.25, -0.2) is 4.79 Å². The van der Waals surface area contributed by atoms with E-state index in [1.807, 2.05) is 18.2 Å². The summed E-state index contributed by atoms with van der Waals surface area (Å²) >= 11 is 0. The summed E-state index contributed by atoms with van der Waals surface area (Å²) in [5.74, 6) is -0.291. The second-order valence-corrected chi connectivity index (χ2v) is 3.97. The number of rotatable bonds is 3. The molecule has 0 unspecified atom stereocenters. The van der Waals surface area contributed by atoms with Crippen LogP contribution in [-0.2, 0) is 7.05 Å². The van der Waals surface area contributed by atoms with E-state index in [2.05, 4.69) is 5.10 Å². The number of methoxy groups -OCH3 is 1. The smallest absolute Gasteiger partial charge is 0.339 e. The average Bonchev–Trinajstić information content (AvgIpc) is 2.64. The van der Waals surface area contributed by atoms with Gasteiger partial charge >= 0.3 is 5.97 Å². The van der Waals surface area contributed by atoms with E-state index in [9.17, 15) is 9.90 Å². The molecule has 0 aliphatic rings. The highest BCUT2D eigenvalue weighted by atomic mass is 16.5. The fourth-order valence-corrected chi connectivity index (χ4v) is 2.02. The SMILES string of the molecule is COc1cccc(-c2c(C(=O)O)c(C)nn2C)c1. The Morgan fingerprint density at radius 1 is 1.44 bits per heavy atom. The van der Waals surface area contributed by atoms with Crippen LogP contribution in [0.4, 0.5) is 0 Å². The Bertz CT molecular complexity index is 602. The first-order valence-corrected chi connectivity index (χ1v) is 5.46. The van der Waals surface area contributed by atoms with E-state index >= 15 is 0 Å². The summed E-state index contributed by atoms with van der Waals surface area (Å²) in [4.78, 5) is 11.3. The third-order valence-corrected chi connectivity index (χ3v) is 2.78. The number of hydrogen-bond acceptors (Lipinski definition) is 3. The molecule has 0 atom stereocenters. The summed E-state index contributed by atoms with van der Waals surface area (Å²) in [6.07, 6.45) is 0. The van der Waals surface area contributed by atoms with E-state index in [4.69, 9.17) is 4.74 Å². The van der Waals surface area contributed by atoms with Crippen molar-refractivity contribution < 1.29 is 14.6 Å². The predicted molar refractivity (Wildman–Crippen MR) is 66.9 cm³/mol. The predicted octanol–water partition coefficient (Wildman–Crippen LogP) is 2.10. The number of aryl methyl sites for hydroxylation is 2. The molecular weight excluding hydrogens is 232 g/mol. The highest BCUT2D eigenvalue weighted by Crippen LogP contribution is 2.28. The minimum atomic E-state index is -0.974. The number of aromatic nitrogens is 2. The highest BCUT2D eigenvalue weighted by Gasteiger charge is 2.20. The van der Waals surface area contributed by atoms with Gasteiger partial charge in [-0.15, -0.1) is 0 Å². The molecular formula is C13H14N2O3. The van der Waals surface area contributed by atoms with Crippen LogP contribution in [0.2, 0.25) is 0 Å². The Kier molecular flexibility index (Phi) is 3.06. The number of carboxylic acid groups (broad SMARTS) is 1. The molecule has 1 aromatic heterocycles.